The minimum Gasteiger partial charge on any atom is -0.369 e. The van der Waals surface area contributed by atoms with Crippen molar-refractivity contribution in [1.82, 2.24) is 15.2 Å². The van der Waals surface area contributed by atoms with Crippen LogP contribution < -0.4 is 10.6 Å². The number of nitrogens with zero attached hydrogens (tertiary/aromatic N) is 3. The molecule has 0 aliphatic heterocycles. The Labute approximate surface area is 113 Å². The van der Waals surface area contributed by atoms with E-state index in [2.05, 4.69) is 64.8 Å². The third-order valence-corrected chi connectivity index (χ3v) is 2.59. The fourth-order valence-electron chi connectivity index (χ4n) is 1.87. The summed E-state index contributed by atoms with van der Waals surface area (Å²) in [6.45, 7) is 7.12. The van der Waals surface area contributed by atoms with Crippen LogP contribution in [0.2, 0.25) is 0 Å². The van der Waals surface area contributed by atoms with E-state index in [-0.39, 0.29) is 0 Å². The molecular weight excluding hydrogens is 238 g/mol. The topological polar surface area (TPSA) is 62.7 Å². The number of hydrogen-bond acceptors (Lipinski definition) is 5. The zero-order chi connectivity index (χ0) is 13.7. The van der Waals surface area contributed by atoms with Gasteiger partial charge in [0.2, 0.25) is 5.95 Å². The second kappa shape index (κ2) is 6.13. The lowest BCUT2D eigenvalue weighted by atomic mass is 10.1. The maximum Gasteiger partial charge on any atom is 0.249 e. The Hall–Kier alpha value is -2.17. The van der Waals surface area contributed by atoms with Gasteiger partial charge in [0.15, 0.2) is 5.82 Å². The Kier molecular flexibility index (Phi) is 4.28. The van der Waals surface area contributed by atoms with E-state index in [0.717, 1.165) is 24.5 Å². The first-order chi connectivity index (χ1) is 9.17. The van der Waals surface area contributed by atoms with Crippen LogP contribution >= 0.6 is 0 Å². The Balaban J connectivity index is 2.13. The van der Waals surface area contributed by atoms with Crippen molar-refractivity contribution in [3.8, 4) is 0 Å². The molecule has 2 N–H and O–H groups in total. The van der Waals surface area contributed by atoms with Gasteiger partial charge in [0.1, 0.15) is 0 Å². The van der Waals surface area contributed by atoms with Gasteiger partial charge in [-0.3, -0.25) is 0 Å². The Morgan fingerprint density at radius 1 is 1.11 bits per heavy atom. The van der Waals surface area contributed by atoms with E-state index in [0.29, 0.717) is 5.95 Å². The predicted molar refractivity (Wildman–Crippen MR) is 77.8 cm³/mol. The van der Waals surface area contributed by atoms with Gasteiger partial charge in [-0.15, -0.1) is 5.10 Å². The zero-order valence-corrected chi connectivity index (χ0v) is 11.6. The van der Waals surface area contributed by atoms with E-state index in [1.165, 1.54) is 11.1 Å². The van der Waals surface area contributed by atoms with Crippen LogP contribution in [0.4, 0.5) is 17.5 Å². The molecule has 0 bridgehead atoms. The molecule has 19 heavy (non-hydrogen) atoms. The van der Waals surface area contributed by atoms with E-state index in [1.807, 2.05) is 0 Å². The number of rotatable bonds is 5. The molecule has 0 amide bonds. The van der Waals surface area contributed by atoms with Gasteiger partial charge in [0, 0.05) is 12.2 Å². The summed E-state index contributed by atoms with van der Waals surface area (Å²) in [6, 6.07) is 6.24. The molecule has 0 saturated carbocycles. The Morgan fingerprint density at radius 2 is 1.84 bits per heavy atom. The summed E-state index contributed by atoms with van der Waals surface area (Å²) in [5.41, 5.74) is 3.39. The highest BCUT2D eigenvalue weighted by Crippen LogP contribution is 2.17. The summed E-state index contributed by atoms with van der Waals surface area (Å²) in [5.74, 6) is 1.25. The summed E-state index contributed by atoms with van der Waals surface area (Å²) < 4.78 is 0. The molecule has 0 saturated heterocycles. The van der Waals surface area contributed by atoms with Gasteiger partial charge >= 0.3 is 0 Å². The van der Waals surface area contributed by atoms with Crippen LogP contribution in [0, 0.1) is 13.8 Å². The number of benzene rings is 1. The third-order valence-electron chi connectivity index (χ3n) is 2.59. The number of anilines is 3. The van der Waals surface area contributed by atoms with Gasteiger partial charge in [-0.2, -0.15) is 10.1 Å². The molecule has 0 radical (unpaired) electrons. The SMILES string of the molecule is CCCNc1cnnc(Nc2cc(C)cc(C)c2)n1. The standard InChI is InChI=1S/C14H19N5/c1-4-5-15-13-9-16-19-14(18-13)17-12-7-10(2)6-11(3)8-12/h6-9H,4-5H2,1-3H3,(H2,15,17,18,19). The number of nitrogens with one attached hydrogen (secondary N) is 2. The van der Waals surface area contributed by atoms with Crippen LogP contribution in [0.15, 0.2) is 24.4 Å². The molecule has 2 aromatic rings. The zero-order valence-electron chi connectivity index (χ0n) is 11.6. The quantitative estimate of drug-likeness (QED) is 0.862. The molecule has 0 unspecified atom stereocenters. The number of hydrogen-bond donors (Lipinski definition) is 2. The molecule has 0 aliphatic rings. The monoisotopic (exact) mass is 257 g/mol. The van der Waals surface area contributed by atoms with Gasteiger partial charge in [-0.1, -0.05) is 13.0 Å². The van der Waals surface area contributed by atoms with E-state index in [4.69, 9.17) is 0 Å². The summed E-state index contributed by atoms with van der Waals surface area (Å²) in [4.78, 5) is 4.37. The highest BCUT2D eigenvalue weighted by molar-refractivity contribution is 5.56. The second-order valence-electron chi connectivity index (χ2n) is 4.59. The molecule has 1 heterocycles. The molecule has 2 rings (SSSR count). The molecule has 0 aliphatic carbocycles. The van der Waals surface area contributed by atoms with Crippen LogP contribution in [0.5, 0.6) is 0 Å². The summed E-state index contributed by atoms with van der Waals surface area (Å²) in [5, 5.41) is 14.3. The van der Waals surface area contributed by atoms with E-state index >= 15 is 0 Å². The van der Waals surface area contributed by atoms with Gasteiger partial charge < -0.3 is 10.6 Å². The van der Waals surface area contributed by atoms with Crippen molar-refractivity contribution in [2.75, 3.05) is 17.2 Å². The van der Waals surface area contributed by atoms with Crippen LogP contribution in [-0.2, 0) is 0 Å². The molecule has 1 aromatic carbocycles. The molecule has 0 atom stereocenters. The molecule has 0 fully saturated rings. The van der Waals surface area contributed by atoms with E-state index < -0.39 is 0 Å². The largest absolute Gasteiger partial charge is 0.369 e. The Morgan fingerprint density at radius 3 is 2.53 bits per heavy atom. The summed E-state index contributed by atoms with van der Waals surface area (Å²) >= 11 is 0. The first-order valence-corrected chi connectivity index (χ1v) is 6.46. The van der Waals surface area contributed by atoms with Crippen molar-refractivity contribution in [3.63, 3.8) is 0 Å². The highest BCUT2D eigenvalue weighted by Gasteiger charge is 2.02. The van der Waals surface area contributed by atoms with Crippen molar-refractivity contribution in [2.45, 2.75) is 27.2 Å². The third kappa shape index (κ3) is 3.91. The van der Waals surface area contributed by atoms with Crippen molar-refractivity contribution in [1.29, 1.82) is 0 Å². The Bertz CT molecular complexity index is 533. The van der Waals surface area contributed by atoms with Gasteiger partial charge in [0.05, 0.1) is 6.20 Å². The van der Waals surface area contributed by atoms with Gasteiger partial charge in [-0.05, 0) is 43.5 Å². The summed E-state index contributed by atoms with van der Waals surface area (Å²) in [6.07, 6.45) is 2.67. The van der Waals surface area contributed by atoms with Crippen LogP contribution in [0.3, 0.4) is 0 Å². The van der Waals surface area contributed by atoms with Crippen LogP contribution in [0.1, 0.15) is 24.5 Å². The summed E-state index contributed by atoms with van der Waals surface area (Å²) in [7, 11) is 0. The molecule has 100 valence electrons. The average Bonchev–Trinajstić information content (AvgIpc) is 2.35. The van der Waals surface area contributed by atoms with Crippen LogP contribution in [-0.4, -0.2) is 21.7 Å². The first kappa shape index (κ1) is 13.3. The first-order valence-electron chi connectivity index (χ1n) is 6.46. The molecule has 5 heteroatoms. The van der Waals surface area contributed by atoms with Crippen molar-refractivity contribution in [2.24, 2.45) is 0 Å². The highest BCUT2D eigenvalue weighted by atomic mass is 15.3. The van der Waals surface area contributed by atoms with Crippen molar-refractivity contribution in [3.05, 3.63) is 35.5 Å². The lowest BCUT2D eigenvalue weighted by Crippen LogP contribution is -2.06. The number of aryl methyl sites for hydroxylation is 2. The minimum atomic E-state index is 0.506. The van der Waals surface area contributed by atoms with Crippen molar-refractivity contribution < 1.29 is 0 Å². The second-order valence-corrected chi connectivity index (χ2v) is 4.59. The molecule has 1 aromatic heterocycles. The van der Waals surface area contributed by atoms with Gasteiger partial charge in [-0.25, -0.2) is 0 Å². The maximum absolute atomic E-state index is 4.37. The van der Waals surface area contributed by atoms with Crippen molar-refractivity contribution >= 4 is 17.5 Å². The predicted octanol–water partition coefficient (Wildman–Crippen LogP) is 3.05. The molecule has 5 nitrogen and oxygen atoms in total. The fraction of sp³-hybridized carbons (Fsp3) is 0.357. The minimum absolute atomic E-state index is 0.506. The average molecular weight is 257 g/mol. The molecular formula is C14H19N5. The lowest BCUT2D eigenvalue weighted by molar-refractivity contribution is 0.935. The molecule has 0 spiro atoms. The lowest BCUT2D eigenvalue weighted by Gasteiger charge is -2.08. The number of aromatic nitrogens is 3. The van der Waals surface area contributed by atoms with Gasteiger partial charge in [0.25, 0.3) is 0 Å². The fourth-order valence-corrected chi connectivity index (χ4v) is 1.87. The smallest absolute Gasteiger partial charge is 0.249 e. The van der Waals surface area contributed by atoms with E-state index in [1.54, 1.807) is 6.20 Å². The normalized spacial score (nSPS) is 10.3. The maximum atomic E-state index is 4.37. The van der Waals surface area contributed by atoms with E-state index in [9.17, 15) is 0 Å². The van der Waals surface area contributed by atoms with Crippen LogP contribution in [0.25, 0.3) is 0 Å².